The van der Waals surface area contributed by atoms with Crippen molar-refractivity contribution in [3.63, 3.8) is 0 Å². The van der Waals surface area contributed by atoms with E-state index >= 15 is 0 Å². The van der Waals surface area contributed by atoms with E-state index in [9.17, 15) is 9.18 Å². The summed E-state index contributed by atoms with van der Waals surface area (Å²) in [5.41, 5.74) is 1.43. The monoisotopic (exact) mass is 224 g/mol. The highest BCUT2D eigenvalue weighted by Crippen LogP contribution is 2.31. The smallest absolute Gasteiger partial charge is 0.345 e. The predicted octanol–water partition coefficient (Wildman–Crippen LogP) is 3.36. The van der Waals surface area contributed by atoms with Crippen LogP contribution < -0.4 is 0 Å². The first-order valence-corrected chi connectivity index (χ1v) is 5.25. The average Bonchev–Trinajstić information content (AvgIpc) is 2.58. The maximum Gasteiger partial charge on any atom is 0.345 e. The van der Waals surface area contributed by atoms with Crippen LogP contribution >= 0.6 is 11.3 Å². The summed E-state index contributed by atoms with van der Waals surface area (Å²) in [7, 11) is 0. The molecule has 0 aliphatic carbocycles. The van der Waals surface area contributed by atoms with Gasteiger partial charge in [0.1, 0.15) is 10.7 Å². The first kappa shape index (κ1) is 10.1. The Labute approximate surface area is 90.0 Å². The van der Waals surface area contributed by atoms with Crippen LogP contribution in [-0.2, 0) is 0 Å². The molecule has 0 fully saturated rings. The van der Waals surface area contributed by atoms with Crippen molar-refractivity contribution in [1.29, 1.82) is 0 Å². The second kappa shape index (κ2) is 3.31. The highest BCUT2D eigenvalue weighted by atomic mass is 32.1. The standard InChI is InChI=1S/C11H9FO2S/c1-5-3-8-7(10(12)6(5)2)4-9(15-8)11(13)14/h3-4H,1-2H3,(H,13,14). The average molecular weight is 224 g/mol. The van der Waals surface area contributed by atoms with Crippen LogP contribution in [0.5, 0.6) is 0 Å². The molecule has 0 saturated heterocycles. The van der Waals surface area contributed by atoms with Gasteiger partial charge in [-0.3, -0.25) is 0 Å². The first-order chi connectivity index (χ1) is 7.00. The number of aromatic carboxylic acids is 1. The maximum absolute atomic E-state index is 13.7. The van der Waals surface area contributed by atoms with Crippen LogP contribution in [0.1, 0.15) is 20.8 Å². The van der Waals surface area contributed by atoms with E-state index in [2.05, 4.69) is 0 Å². The SMILES string of the molecule is Cc1cc2sc(C(=O)O)cc2c(F)c1C. The van der Waals surface area contributed by atoms with Gasteiger partial charge in [0.2, 0.25) is 0 Å². The van der Waals surface area contributed by atoms with Gasteiger partial charge in [-0.1, -0.05) is 0 Å². The Morgan fingerprint density at radius 2 is 2.07 bits per heavy atom. The Morgan fingerprint density at radius 3 is 2.67 bits per heavy atom. The normalized spacial score (nSPS) is 10.9. The number of thiophene rings is 1. The van der Waals surface area contributed by atoms with Crippen molar-refractivity contribution in [2.24, 2.45) is 0 Å². The summed E-state index contributed by atoms with van der Waals surface area (Å²) < 4.78 is 14.4. The first-order valence-electron chi connectivity index (χ1n) is 4.43. The molecule has 0 radical (unpaired) electrons. The van der Waals surface area contributed by atoms with Gasteiger partial charge in [-0.2, -0.15) is 0 Å². The van der Waals surface area contributed by atoms with Gasteiger partial charge >= 0.3 is 5.97 Å². The lowest BCUT2D eigenvalue weighted by Gasteiger charge is -2.01. The summed E-state index contributed by atoms with van der Waals surface area (Å²) in [5.74, 6) is -1.32. The number of rotatable bonds is 1. The van der Waals surface area contributed by atoms with E-state index in [0.717, 1.165) is 16.9 Å². The number of fused-ring (bicyclic) bond motifs is 1. The van der Waals surface area contributed by atoms with E-state index in [1.165, 1.54) is 6.07 Å². The maximum atomic E-state index is 13.7. The van der Waals surface area contributed by atoms with Crippen LogP contribution in [0, 0.1) is 19.7 Å². The topological polar surface area (TPSA) is 37.3 Å². The van der Waals surface area contributed by atoms with Crippen LogP contribution in [0.4, 0.5) is 4.39 Å². The van der Waals surface area contributed by atoms with Crippen LogP contribution in [0.25, 0.3) is 10.1 Å². The van der Waals surface area contributed by atoms with E-state index < -0.39 is 5.97 Å². The predicted molar refractivity (Wildman–Crippen MR) is 58.2 cm³/mol. The molecule has 2 rings (SSSR count). The van der Waals surface area contributed by atoms with Gasteiger partial charge in [-0.05, 0) is 37.1 Å². The van der Waals surface area contributed by atoms with Crippen molar-refractivity contribution in [1.82, 2.24) is 0 Å². The Balaban J connectivity index is 2.82. The zero-order chi connectivity index (χ0) is 11.2. The summed E-state index contributed by atoms with van der Waals surface area (Å²) in [4.78, 5) is 10.9. The zero-order valence-electron chi connectivity index (χ0n) is 8.30. The molecular weight excluding hydrogens is 215 g/mol. The van der Waals surface area contributed by atoms with Crippen LogP contribution in [0.15, 0.2) is 12.1 Å². The number of hydrogen-bond donors (Lipinski definition) is 1. The molecule has 2 aromatic rings. The van der Waals surface area contributed by atoms with Crippen LogP contribution in [0.3, 0.4) is 0 Å². The minimum atomic E-state index is -1.01. The molecule has 0 atom stereocenters. The highest BCUT2D eigenvalue weighted by Gasteiger charge is 2.14. The van der Waals surface area contributed by atoms with Gasteiger partial charge < -0.3 is 5.11 Å². The van der Waals surface area contributed by atoms with Gasteiger partial charge in [-0.25, -0.2) is 9.18 Å². The zero-order valence-corrected chi connectivity index (χ0v) is 9.11. The van der Waals surface area contributed by atoms with Gasteiger partial charge in [0.05, 0.1) is 0 Å². The van der Waals surface area contributed by atoms with Crippen LogP contribution in [0.2, 0.25) is 0 Å². The molecule has 0 aliphatic rings. The molecule has 0 aliphatic heterocycles. The highest BCUT2D eigenvalue weighted by molar-refractivity contribution is 7.20. The van der Waals surface area contributed by atoms with E-state index in [4.69, 9.17) is 5.11 Å². The van der Waals surface area contributed by atoms with Crippen molar-refractivity contribution in [3.05, 3.63) is 34.0 Å². The van der Waals surface area contributed by atoms with Gasteiger partial charge in [0, 0.05) is 10.1 Å². The molecule has 0 amide bonds. The largest absolute Gasteiger partial charge is 0.477 e. The summed E-state index contributed by atoms with van der Waals surface area (Å²) in [6, 6.07) is 3.22. The molecule has 1 aromatic carbocycles. The molecule has 2 nitrogen and oxygen atoms in total. The molecule has 1 heterocycles. The lowest BCUT2D eigenvalue weighted by molar-refractivity contribution is 0.0702. The summed E-state index contributed by atoms with van der Waals surface area (Å²) in [6.07, 6.45) is 0. The third-order valence-electron chi connectivity index (χ3n) is 2.48. The molecular formula is C11H9FO2S. The number of benzene rings is 1. The van der Waals surface area contributed by atoms with Crippen molar-refractivity contribution in [3.8, 4) is 0 Å². The molecule has 4 heteroatoms. The number of carboxylic acids is 1. The molecule has 0 unspecified atom stereocenters. The fourth-order valence-corrected chi connectivity index (χ4v) is 2.46. The Morgan fingerprint density at radius 1 is 1.40 bits per heavy atom. The van der Waals surface area contributed by atoms with Crippen molar-refractivity contribution in [2.45, 2.75) is 13.8 Å². The van der Waals surface area contributed by atoms with Crippen molar-refractivity contribution >= 4 is 27.4 Å². The fourth-order valence-electron chi connectivity index (χ4n) is 1.47. The fraction of sp³-hybridized carbons (Fsp3) is 0.182. The lowest BCUT2D eigenvalue weighted by Crippen LogP contribution is -1.90. The van der Waals surface area contributed by atoms with E-state index in [1.807, 2.05) is 13.0 Å². The second-order valence-electron chi connectivity index (χ2n) is 3.46. The Hall–Kier alpha value is -1.42. The minimum absolute atomic E-state index is 0.175. The molecule has 0 spiro atoms. The molecule has 78 valence electrons. The molecule has 1 N–H and O–H groups in total. The number of carbonyl (C=O) groups is 1. The van der Waals surface area contributed by atoms with E-state index in [1.54, 1.807) is 6.92 Å². The molecule has 15 heavy (non-hydrogen) atoms. The summed E-state index contributed by atoms with van der Waals surface area (Å²) in [6.45, 7) is 3.51. The van der Waals surface area contributed by atoms with Gasteiger partial charge in [0.25, 0.3) is 0 Å². The quantitative estimate of drug-likeness (QED) is 0.806. The summed E-state index contributed by atoms with van der Waals surface area (Å²) in [5, 5.41) is 9.21. The van der Waals surface area contributed by atoms with E-state index in [-0.39, 0.29) is 10.7 Å². The number of carboxylic acid groups (broad SMARTS) is 1. The molecule has 1 aromatic heterocycles. The van der Waals surface area contributed by atoms with Crippen LogP contribution in [-0.4, -0.2) is 11.1 Å². The van der Waals surface area contributed by atoms with E-state index in [0.29, 0.717) is 15.6 Å². The third kappa shape index (κ3) is 1.51. The second-order valence-corrected chi connectivity index (χ2v) is 4.54. The van der Waals surface area contributed by atoms with Crippen molar-refractivity contribution < 1.29 is 14.3 Å². The number of halogens is 1. The third-order valence-corrected chi connectivity index (χ3v) is 3.55. The number of hydrogen-bond acceptors (Lipinski definition) is 2. The van der Waals surface area contributed by atoms with Gasteiger partial charge in [-0.15, -0.1) is 11.3 Å². The minimum Gasteiger partial charge on any atom is -0.477 e. The lowest BCUT2D eigenvalue weighted by atomic mass is 10.1. The molecule has 0 saturated carbocycles. The number of aryl methyl sites for hydroxylation is 1. The Bertz CT molecular complexity index is 557. The summed E-state index contributed by atoms with van der Waals surface area (Å²) >= 11 is 1.10. The van der Waals surface area contributed by atoms with Crippen molar-refractivity contribution in [2.75, 3.05) is 0 Å². The molecule has 0 bridgehead atoms. The van der Waals surface area contributed by atoms with Gasteiger partial charge in [0.15, 0.2) is 0 Å². The Kier molecular flexibility index (Phi) is 2.23.